The molecule has 0 unspecified atom stereocenters. The Morgan fingerprint density at radius 2 is 1.94 bits per heavy atom. The van der Waals surface area contributed by atoms with Gasteiger partial charge in [-0.25, -0.2) is 4.79 Å². The zero-order valence-corrected chi connectivity index (χ0v) is 10.7. The first kappa shape index (κ1) is 13.8. The molecule has 6 nitrogen and oxygen atoms in total. The fourth-order valence-corrected chi connectivity index (χ4v) is 1.69. The van der Waals surface area contributed by atoms with Gasteiger partial charge in [0.25, 0.3) is 0 Å². The van der Waals surface area contributed by atoms with Crippen LogP contribution in [0.1, 0.15) is 20.8 Å². The van der Waals surface area contributed by atoms with Crippen molar-refractivity contribution in [1.29, 1.82) is 0 Å². The molecule has 1 heterocycles. The molecule has 0 radical (unpaired) electrons. The van der Waals surface area contributed by atoms with E-state index in [1.165, 1.54) is 7.11 Å². The van der Waals surface area contributed by atoms with Gasteiger partial charge in [-0.3, -0.25) is 4.79 Å². The summed E-state index contributed by atoms with van der Waals surface area (Å²) in [4.78, 5) is 23.0. The summed E-state index contributed by atoms with van der Waals surface area (Å²) >= 11 is 0. The lowest BCUT2D eigenvalue weighted by atomic mass is 10.0. The summed E-state index contributed by atoms with van der Waals surface area (Å²) < 4.78 is 9.81. The number of ether oxygens (including phenoxy) is 2. The largest absolute Gasteiger partial charge is 0.469 e. The molecule has 0 aliphatic carbocycles. The Bertz CT molecular complexity index is 298. The fraction of sp³-hybridized carbons (Fsp3) is 0.818. The molecule has 1 saturated heterocycles. The maximum Gasteiger partial charge on any atom is 0.407 e. The predicted molar refractivity (Wildman–Crippen MR) is 61.5 cm³/mol. The van der Waals surface area contributed by atoms with E-state index in [1.54, 1.807) is 20.8 Å². The van der Waals surface area contributed by atoms with E-state index in [-0.39, 0.29) is 17.9 Å². The van der Waals surface area contributed by atoms with Crippen LogP contribution in [0, 0.1) is 5.92 Å². The maximum atomic E-state index is 11.6. The Balaban J connectivity index is 2.50. The van der Waals surface area contributed by atoms with Crippen LogP contribution in [0.2, 0.25) is 0 Å². The second-order valence-electron chi connectivity index (χ2n) is 5.04. The number of amides is 1. The van der Waals surface area contributed by atoms with Crippen LogP contribution in [0.4, 0.5) is 4.79 Å². The van der Waals surface area contributed by atoms with Crippen LogP contribution >= 0.6 is 0 Å². The van der Waals surface area contributed by atoms with E-state index in [1.807, 2.05) is 0 Å². The van der Waals surface area contributed by atoms with E-state index in [0.29, 0.717) is 13.1 Å². The number of nitrogens with one attached hydrogen (secondary N) is 2. The number of esters is 1. The number of methoxy groups -OCH3 is 1. The standard InChI is InChI=1S/C11H20N2O4/c1-11(2,3)17-10(15)13-8-6-12-5-7(8)9(14)16-4/h7-8,12H,5-6H2,1-4H3,(H,13,15)/t7-,8-/m0/s1. The lowest BCUT2D eigenvalue weighted by Crippen LogP contribution is -2.45. The van der Waals surface area contributed by atoms with Gasteiger partial charge in [-0.1, -0.05) is 0 Å². The van der Waals surface area contributed by atoms with Gasteiger partial charge in [0.2, 0.25) is 0 Å². The number of hydrogen-bond donors (Lipinski definition) is 2. The normalized spacial score (nSPS) is 24.2. The number of carbonyl (C=O) groups is 2. The molecular formula is C11H20N2O4. The van der Waals surface area contributed by atoms with Crippen molar-refractivity contribution in [2.24, 2.45) is 5.92 Å². The fourth-order valence-electron chi connectivity index (χ4n) is 1.69. The Hall–Kier alpha value is -1.30. The number of carbonyl (C=O) groups excluding carboxylic acids is 2. The van der Waals surface area contributed by atoms with Crippen LogP contribution in [-0.2, 0) is 14.3 Å². The van der Waals surface area contributed by atoms with E-state index in [2.05, 4.69) is 15.4 Å². The molecule has 1 aliphatic rings. The van der Waals surface area contributed by atoms with Crippen molar-refractivity contribution in [3.63, 3.8) is 0 Å². The second-order valence-corrected chi connectivity index (χ2v) is 5.04. The molecule has 1 rings (SSSR count). The van der Waals surface area contributed by atoms with Crippen molar-refractivity contribution in [1.82, 2.24) is 10.6 Å². The highest BCUT2D eigenvalue weighted by Gasteiger charge is 2.35. The molecule has 1 aliphatic heterocycles. The highest BCUT2D eigenvalue weighted by atomic mass is 16.6. The van der Waals surface area contributed by atoms with Gasteiger partial charge in [0.1, 0.15) is 5.60 Å². The SMILES string of the molecule is COC(=O)[C@H]1CNC[C@@H]1NC(=O)OC(C)(C)C. The van der Waals surface area contributed by atoms with Crippen LogP contribution in [-0.4, -0.2) is 43.9 Å². The topological polar surface area (TPSA) is 76.7 Å². The quantitative estimate of drug-likeness (QED) is 0.682. The van der Waals surface area contributed by atoms with Gasteiger partial charge >= 0.3 is 12.1 Å². The van der Waals surface area contributed by atoms with Crippen LogP contribution < -0.4 is 10.6 Å². The van der Waals surface area contributed by atoms with Crippen molar-refractivity contribution in [3.8, 4) is 0 Å². The van der Waals surface area contributed by atoms with Gasteiger partial charge in [0.15, 0.2) is 0 Å². The van der Waals surface area contributed by atoms with Crippen molar-refractivity contribution in [2.75, 3.05) is 20.2 Å². The molecule has 1 fully saturated rings. The van der Waals surface area contributed by atoms with Gasteiger partial charge < -0.3 is 20.1 Å². The van der Waals surface area contributed by atoms with Gasteiger partial charge in [0.05, 0.1) is 19.1 Å². The summed E-state index contributed by atoms with van der Waals surface area (Å²) in [5.41, 5.74) is -0.545. The zero-order chi connectivity index (χ0) is 13.1. The Labute approximate surface area is 101 Å². The monoisotopic (exact) mass is 244 g/mol. The first-order valence-electron chi connectivity index (χ1n) is 5.61. The molecule has 0 aromatic heterocycles. The van der Waals surface area contributed by atoms with E-state index in [4.69, 9.17) is 4.74 Å². The third kappa shape index (κ3) is 4.22. The molecule has 98 valence electrons. The van der Waals surface area contributed by atoms with Crippen LogP contribution in [0.25, 0.3) is 0 Å². The summed E-state index contributed by atoms with van der Waals surface area (Å²) in [7, 11) is 1.34. The Kier molecular flexibility index (Phi) is 4.34. The Morgan fingerprint density at radius 1 is 1.29 bits per heavy atom. The highest BCUT2D eigenvalue weighted by Crippen LogP contribution is 2.12. The van der Waals surface area contributed by atoms with Crippen LogP contribution in [0.3, 0.4) is 0 Å². The van der Waals surface area contributed by atoms with E-state index >= 15 is 0 Å². The number of alkyl carbamates (subject to hydrolysis) is 1. The van der Waals surface area contributed by atoms with E-state index in [0.717, 1.165) is 0 Å². The molecule has 0 aromatic rings. The van der Waals surface area contributed by atoms with Crippen molar-refractivity contribution in [3.05, 3.63) is 0 Å². The third-order valence-corrected chi connectivity index (χ3v) is 2.42. The second kappa shape index (κ2) is 5.35. The molecule has 2 N–H and O–H groups in total. The molecule has 0 bridgehead atoms. The number of hydrogen-bond acceptors (Lipinski definition) is 5. The Morgan fingerprint density at radius 3 is 2.47 bits per heavy atom. The smallest absolute Gasteiger partial charge is 0.407 e. The van der Waals surface area contributed by atoms with Gasteiger partial charge in [0, 0.05) is 13.1 Å². The first-order chi connectivity index (χ1) is 7.83. The minimum atomic E-state index is -0.545. The van der Waals surface area contributed by atoms with Crippen molar-refractivity contribution in [2.45, 2.75) is 32.4 Å². The lowest BCUT2D eigenvalue weighted by Gasteiger charge is -2.23. The molecule has 0 aromatic carbocycles. The highest BCUT2D eigenvalue weighted by molar-refractivity contribution is 5.76. The maximum absolute atomic E-state index is 11.6. The average molecular weight is 244 g/mol. The molecular weight excluding hydrogens is 224 g/mol. The molecule has 2 atom stereocenters. The summed E-state index contributed by atoms with van der Waals surface area (Å²) in [5, 5.41) is 5.71. The van der Waals surface area contributed by atoms with Crippen molar-refractivity contribution < 1.29 is 19.1 Å². The van der Waals surface area contributed by atoms with E-state index < -0.39 is 11.7 Å². The van der Waals surface area contributed by atoms with Gasteiger partial charge in [-0.2, -0.15) is 0 Å². The lowest BCUT2D eigenvalue weighted by molar-refractivity contribution is -0.145. The van der Waals surface area contributed by atoms with Gasteiger partial charge in [-0.15, -0.1) is 0 Å². The zero-order valence-electron chi connectivity index (χ0n) is 10.7. The van der Waals surface area contributed by atoms with Crippen LogP contribution in [0.15, 0.2) is 0 Å². The third-order valence-electron chi connectivity index (χ3n) is 2.42. The van der Waals surface area contributed by atoms with E-state index in [9.17, 15) is 9.59 Å². The number of rotatable bonds is 2. The summed E-state index contributed by atoms with van der Waals surface area (Å²) in [6.07, 6.45) is -0.514. The average Bonchev–Trinajstić information content (AvgIpc) is 2.61. The van der Waals surface area contributed by atoms with Gasteiger partial charge in [-0.05, 0) is 20.8 Å². The summed E-state index contributed by atoms with van der Waals surface area (Å²) in [6, 6.07) is -0.280. The minimum Gasteiger partial charge on any atom is -0.469 e. The summed E-state index contributed by atoms with van der Waals surface area (Å²) in [5.74, 6) is -0.677. The van der Waals surface area contributed by atoms with Crippen LogP contribution in [0.5, 0.6) is 0 Å². The first-order valence-corrected chi connectivity index (χ1v) is 5.61. The molecule has 0 spiro atoms. The molecule has 17 heavy (non-hydrogen) atoms. The molecule has 0 saturated carbocycles. The minimum absolute atomic E-state index is 0.280. The predicted octanol–water partition coefficient (Wildman–Crippen LogP) is 0.272. The van der Waals surface area contributed by atoms with Crippen molar-refractivity contribution >= 4 is 12.1 Å². The molecule has 6 heteroatoms. The molecule has 1 amide bonds. The summed E-state index contributed by atoms with van der Waals surface area (Å²) in [6.45, 7) is 6.41.